The Kier molecular flexibility index (Phi) is 5.19. The van der Waals surface area contributed by atoms with Gasteiger partial charge in [0.05, 0.1) is 17.4 Å². The summed E-state index contributed by atoms with van der Waals surface area (Å²) in [5.74, 6) is -0.382. The van der Waals surface area contributed by atoms with Gasteiger partial charge in [0.25, 0.3) is 0 Å². The van der Waals surface area contributed by atoms with E-state index in [1.807, 2.05) is 25.1 Å². The Bertz CT molecular complexity index is 362. The second-order valence-electron chi connectivity index (χ2n) is 3.26. The van der Waals surface area contributed by atoms with Crippen LogP contribution < -0.4 is 0 Å². The molecule has 4 heteroatoms. The van der Waals surface area contributed by atoms with Gasteiger partial charge < -0.3 is 4.74 Å². The molecule has 0 saturated carbocycles. The maximum absolute atomic E-state index is 12.1. The molecule has 0 radical (unpaired) electrons. The van der Waals surface area contributed by atoms with Gasteiger partial charge in [-0.25, -0.2) is 0 Å². The summed E-state index contributed by atoms with van der Waals surface area (Å²) in [6.07, 6.45) is 0.514. The molecular formula is C12H16O3S. The zero-order chi connectivity index (χ0) is 12.0. The molecule has 0 amide bonds. The third-order valence-electron chi connectivity index (χ3n) is 2.15. The third-order valence-corrected chi connectivity index (χ3v) is 3.93. The lowest BCUT2D eigenvalue weighted by atomic mass is 10.3. The minimum atomic E-state index is -1.33. The van der Waals surface area contributed by atoms with Crippen LogP contribution in [0.4, 0.5) is 0 Å². The molecule has 1 rings (SSSR count). The first kappa shape index (κ1) is 12.9. The van der Waals surface area contributed by atoms with Gasteiger partial charge >= 0.3 is 5.97 Å². The summed E-state index contributed by atoms with van der Waals surface area (Å²) >= 11 is 0. The van der Waals surface area contributed by atoms with Gasteiger partial charge in [0.15, 0.2) is 0 Å². The summed E-state index contributed by atoms with van der Waals surface area (Å²) in [5, 5.41) is -0.567. The van der Waals surface area contributed by atoms with Crippen LogP contribution in [0.5, 0.6) is 0 Å². The Morgan fingerprint density at radius 1 is 1.31 bits per heavy atom. The molecule has 0 N–H and O–H groups in total. The molecule has 0 saturated heterocycles. The molecule has 1 aromatic carbocycles. The van der Waals surface area contributed by atoms with E-state index < -0.39 is 16.0 Å². The van der Waals surface area contributed by atoms with E-state index in [0.717, 1.165) is 0 Å². The lowest BCUT2D eigenvalue weighted by molar-refractivity contribution is -0.142. The fourth-order valence-corrected chi connectivity index (χ4v) is 2.66. The molecule has 16 heavy (non-hydrogen) atoms. The Morgan fingerprint density at radius 3 is 2.44 bits per heavy atom. The molecule has 0 aliphatic carbocycles. The smallest absolute Gasteiger partial charge is 0.322 e. The van der Waals surface area contributed by atoms with Gasteiger partial charge in [-0.05, 0) is 25.5 Å². The van der Waals surface area contributed by atoms with E-state index in [-0.39, 0.29) is 5.97 Å². The van der Waals surface area contributed by atoms with Crippen molar-refractivity contribution < 1.29 is 13.7 Å². The number of rotatable bonds is 5. The molecule has 0 aliphatic heterocycles. The number of benzene rings is 1. The van der Waals surface area contributed by atoms with Crippen molar-refractivity contribution >= 4 is 16.8 Å². The van der Waals surface area contributed by atoms with Gasteiger partial charge in [0, 0.05) is 4.90 Å². The molecule has 0 unspecified atom stereocenters. The highest BCUT2D eigenvalue weighted by molar-refractivity contribution is 7.86. The van der Waals surface area contributed by atoms with E-state index in [9.17, 15) is 9.00 Å². The van der Waals surface area contributed by atoms with Crippen molar-refractivity contribution in [3.8, 4) is 0 Å². The average molecular weight is 240 g/mol. The molecule has 0 bridgehead atoms. The van der Waals surface area contributed by atoms with Crippen molar-refractivity contribution in [3.63, 3.8) is 0 Å². The van der Waals surface area contributed by atoms with Crippen LogP contribution in [0.25, 0.3) is 0 Å². The van der Waals surface area contributed by atoms with Crippen LogP contribution in [0.2, 0.25) is 0 Å². The van der Waals surface area contributed by atoms with Gasteiger partial charge in [-0.3, -0.25) is 9.00 Å². The van der Waals surface area contributed by atoms with Crippen LogP contribution in [0.3, 0.4) is 0 Å². The van der Waals surface area contributed by atoms with Crippen LogP contribution in [-0.4, -0.2) is 22.0 Å². The lowest BCUT2D eigenvalue weighted by Crippen LogP contribution is -2.27. The van der Waals surface area contributed by atoms with E-state index in [2.05, 4.69) is 0 Å². The number of carbonyl (C=O) groups excluding carboxylic acids is 1. The predicted molar refractivity (Wildman–Crippen MR) is 63.6 cm³/mol. The third kappa shape index (κ3) is 3.17. The highest BCUT2D eigenvalue weighted by Gasteiger charge is 2.25. The molecule has 0 heterocycles. The minimum absolute atomic E-state index is 0.321. The highest BCUT2D eigenvalue weighted by Crippen LogP contribution is 2.14. The van der Waals surface area contributed by atoms with Gasteiger partial charge in [0.1, 0.15) is 5.25 Å². The molecule has 3 nitrogen and oxygen atoms in total. The van der Waals surface area contributed by atoms with Crippen molar-refractivity contribution in [1.29, 1.82) is 0 Å². The summed E-state index contributed by atoms with van der Waals surface area (Å²) in [7, 11) is -1.33. The van der Waals surface area contributed by atoms with Crippen molar-refractivity contribution in [2.24, 2.45) is 0 Å². The standard InChI is InChI=1S/C12H16O3S/c1-3-11(12(13)15-4-2)16(14)10-8-6-5-7-9-10/h5-9,11H,3-4H2,1-2H3/t11-,16+/m1/s1. The molecule has 1 aromatic rings. The second kappa shape index (κ2) is 6.43. The zero-order valence-electron chi connectivity index (χ0n) is 9.51. The van der Waals surface area contributed by atoms with E-state index in [1.165, 1.54) is 0 Å². The summed E-state index contributed by atoms with van der Waals surface area (Å²) < 4.78 is 17.0. The Balaban J connectivity index is 2.82. The van der Waals surface area contributed by atoms with Gasteiger partial charge in [0.2, 0.25) is 0 Å². The summed E-state index contributed by atoms with van der Waals surface area (Å²) in [4.78, 5) is 12.2. The minimum Gasteiger partial charge on any atom is -0.465 e. The number of hydrogen-bond acceptors (Lipinski definition) is 3. The monoisotopic (exact) mass is 240 g/mol. The van der Waals surface area contributed by atoms with Crippen molar-refractivity contribution in [3.05, 3.63) is 30.3 Å². The molecular weight excluding hydrogens is 224 g/mol. The van der Waals surface area contributed by atoms with Crippen molar-refractivity contribution in [2.45, 2.75) is 30.4 Å². The maximum Gasteiger partial charge on any atom is 0.322 e. The predicted octanol–water partition coefficient (Wildman–Crippen LogP) is 2.14. The average Bonchev–Trinajstić information content (AvgIpc) is 2.31. The summed E-state index contributed by atoms with van der Waals surface area (Å²) in [6.45, 7) is 3.90. The Labute approximate surface area is 98.3 Å². The normalized spacial score (nSPS) is 14.1. The fourth-order valence-electron chi connectivity index (χ4n) is 1.36. The highest BCUT2D eigenvalue weighted by atomic mass is 32.2. The molecule has 2 atom stereocenters. The van der Waals surface area contributed by atoms with Crippen molar-refractivity contribution in [2.75, 3.05) is 6.61 Å². The van der Waals surface area contributed by atoms with Crippen LogP contribution in [0.1, 0.15) is 20.3 Å². The second-order valence-corrected chi connectivity index (χ2v) is 4.89. The first-order chi connectivity index (χ1) is 7.70. The molecule has 88 valence electrons. The topological polar surface area (TPSA) is 43.4 Å². The fraction of sp³-hybridized carbons (Fsp3) is 0.417. The lowest BCUT2D eigenvalue weighted by Gasteiger charge is -2.12. The van der Waals surface area contributed by atoms with Gasteiger partial charge in [-0.1, -0.05) is 25.1 Å². The molecule has 0 spiro atoms. The van der Waals surface area contributed by atoms with E-state index in [4.69, 9.17) is 4.74 Å². The SMILES string of the molecule is CCOC(=O)[C@@H](CC)[S@@](=O)c1ccccc1. The van der Waals surface area contributed by atoms with Crippen molar-refractivity contribution in [1.82, 2.24) is 0 Å². The van der Waals surface area contributed by atoms with Crippen LogP contribution >= 0.6 is 0 Å². The number of hydrogen-bond donors (Lipinski definition) is 0. The quantitative estimate of drug-likeness (QED) is 0.741. The van der Waals surface area contributed by atoms with Gasteiger partial charge in [-0.15, -0.1) is 0 Å². The van der Waals surface area contributed by atoms with Crippen LogP contribution in [0, 0.1) is 0 Å². The number of esters is 1. The molecule has 0 aromatic heterocycles. The Morgan fingerprint density at radius 2 is 1.94 bits per heavy atom. The largest absolute Gasteiger partial charge is 0.465 e. The van der Waals surface area contributed by atoms with E-state index in [0.29, 0.717) is 17.9 Å². The molecule has 0 aliphatic rings. The van der Waals surface area contributed by atoms with Gasteiger partial charge in [-0.2, -0.15) is 0 Å². The van der Waals surface area contributed by atoms with E-state index >= 15 is 0 Å². The van der Waals surface area contributed by atoms with Crippen LogP contribution in [0.15, 0.2) is 35.2 Å². The summed E-state index contributed by atoms with van der Waals surface area (Å²) in [5.41, 5.74) is 0. The number of ether oxygens (including phenoxy) is 1. The van der Waals surface area contributed by atoms with Crippen LogP contribution in [-0.2, 0) is 20.3 Å². The first-order valence-electron chi connectivity index (χ1n) is 5.33. The van der Waals surface area contributed by atoms with E-state index in [1.54, 1.807) is 19.1 Å². The Hall–Kier alpha value is -1.16. The number of carbonyl (C=O) groups is 1. The molecule has 0 fully saturated rings. The summed E-state index contributed by atoms with van der Waals surface area (Å²) in [6, 6.07) is 9.00. The zero-order valence-corrected chi connectivity index (χ0v) is 10.3. The maximum atomic E-state index is 12.1. The first-order valence-corrected chi connectivity index (χ1v) is 6.54.